The van der Waals surface area contributed by atoms with Crippen LogP contribution in [0.15, 0.2) is 65.5 Å². The first-order valence-corrected chi connectivity index (χ1v) is 11.2. The fourth-order valence-electron chi connectivity index (χ4n) is 4.45. The fraction of sp³-hybridized carbons (Fsp3) is 0.269. The van der Waals surface area contributed by atoms with Gasteiger partial charge in [0.05, 0.1) is 31.7 Å². The average molecular weight is 459 g/mol. The Morgan fingerprint density at radius 3 is 2.44 bits per heavy atom. The number of carbonyl (C=O) groups excluding carboxylic acids is 1. The minimum atomic E-state index is -0.0943. The number of anilines is 1. The van der Waals surface area contributed by atoms with Gasteiger partial charge in [-0.15, -0.1) is 0 Å². The number of carbonyl (C=O) groups is 1. The van der Waals surface area contributed by atoms with Crippen molar-refractivity contribution in [1.82, 2.24) is 14.9 Å². The van der Waals surface area contributed by atoms with Crippen LogP contribution in [0.5, 0.6) is 11.5 Å². The van der Waals surface area contributed by atoms with E-state index in [1.54, 1.807) is 26.8 Å². The summed E-state index contributed by atoms with van der Waals surface area (Å²) >= 11 is 0. The molecule has 34 heavy (non-hydrogen) atoms. The molecule has 0 spiro atoms. The quantitative estimate of drug-likeness (QED) is 0.435. The van der Waals surface area contributed by atoms with Gasteiger partial charge in [-0.1, -0.05) is 0 Å². The lowest BCUT2D eigenvalue weighted by atomic mass is 9.91. The molecule has 1 saturated heterocycles. The zero-order valence-electron chi connectivity index (χ0n) is 19.2. The predicted octanol–water partition coefficient (Wildman–Crippen LogP) is 5.32. The van der Waals surface area contributed by atoms with Gasteiger partial charge in [0, 0.05) is 41.7 Å². The van der Waals surface area contributed by atoms with Gasteiger partial charge in [0.15, 0.2) is 11.5 Å². The number of rotatable bonds is 5. The van der Waals surface area contributed by atoms with Gasteiger partial charge in [0.1, 0.15) is 12.1 Å². The number of amides is 2. The fourth-order valence-corrected chi connectivity index (χ4v) is 4.45. The first-order chi connectivity index (χ1) is 16.7. The van der Waals surface area contributed by atoms with Crippen LogP contribution >= 0.6 is 0 Å². The number of hydrogen-bond acceptors (Lipinski definition) is 6. The van der Waals surface area contributed by atoms with Crippen LogP contribution in [0.25, 0.3) is 22.2 Å². The number of fused-ring (bicyclic) bond motifs is 1. The van der Waals surface area contributed by atoms with E-state index in [4.69, 9.17) is 13.9 Å². The summed E-state index contributed by atoms with van der Waals surface area (Å²) in [6.45, 7) is 1.31. The van der Waals surface area contributed by atoms with E-state index in [2.05, 4.69) is 15.3 Å². The molecule has 0 atom stereocenters. The Kier molecular flexibility index (Phi) is 6.03. The van der Waals surface area contributed by atoms with Gasteiger partial charge in [-0.25, -0.2) is 14.8 Å². The van der Waals surface area contributed by atoms with E-state index < -0.39 is 0 Å². The normalized spacial score (nSPS) is 14.2. The summed E-state index contributed by atoms with van der Waals surface area (Å²) in [4.78, 5) is 23.7. The lowest BCUT2D eigenvalue weighted by Gasteiger charge is -2.32. The zero-order valence-corrected chi connectivity index (χ0v) is 19.2. The smallest absolute Gasteiger partial charge is 0.321 e. The summed E-state index contributed by atoms with van der Waals surface area (Å²) in [6, 6.07) is 15.1. The highest BCUT2D eigenvalue weighted by Crippen LogP contribution is 2.36. The van der Waals surface area contributed by atoms with Crippen molar-refractivity contribution in [3.05, 3.63) is 66.8 Å². The van der Waals surface area contributed by atoms with Gasteiger partial charge in [-0.2, -0.15) is 0 Å². The van der Waals surface area contributed by atoms with Crippen molar-refractivity contribution in [2.24, 2.45) is 0 Å². The average Bonchev–Trinajstić information content (AvgIpc) is 3.43. The number of furan rings is 1. The summed E-state index contributed by atoms with van der Waals surface area (Å²) in [6.07, 6.45) is 4.89. The van der Waals surface area contributed by atoms with E-state index in [9.17, 15) is 4.79 Å². The minimum absolute atomic E-state index is 0.0943. The second-order valence-electron chi connectivity index (χ2n) is 8.23. The number of ether oxygens (including phenoxy) is 2. The summed E-state index contributed by atoms with van der Waals surface area (Å²) in [7, 11) is 3.23. The van der Waals surface area contributed by atoms with Gasteiger partial charge >= 0.3 is 6.03 Å². The molecule has 0 radical (unpaired) electrons. The SMILES string of the molecule is COc1cc2ncnc(C3CCN(C(=O)Nc4ccc(-c5ccco5)cc4)CC3)c2cc1OC. The zero-order chi connectivity index (χ0) is 23.5. The van der Waals surface area contributed by atoms with Crippen LogP contribution in [0.3, 0.4) is 0 Å². The summed E-state index contributed by atoms with van der Waals surface area (Å²) in [5, 5.41) is 3.95. The van der Waals surface area contributed by atoms with Crippen LogP contribution in [0, 0.1) is 0 Å². The first-order valence-electron chi connectivity index (χ1n) is 11.2. The van der Waals surface area contributed by atoms with Gasteiger partial charge < -0.3 is 24.1 Å². The van der Waals surface area contributed by atoms with E-state index in [0.29, 0.717) is 24.6 Å². The molecule has 0 bridgehead atoms. The molecule has 8 heteroatoms. The van der Waals surface area contributed by atoms with Gasteiger partial charge in [0.25, 0.3) is 0 Å². The molecule has 4 aromatic rings. The number of methoxy groups -OCH3 is 2. The number of urea groups is 1. The van der Waals surface area contributed by atoms with E-state index in [0.717, 1.165) is 46.4 Å². The molecule has 2 aromatic heterocycles. The number of aromatic nitrogens is 2. The largest absolute Gasteiger partial charge is 0.493 e. The summed E-state index contributed by atoms with van der Waals surface area (Å²) < 4.78 is 16.3. The Morgan fingerprint density at radius 1 is 1.03 bits per heavy atom. The van der Waals surface area contributed by atoms with E-state index in [1.165, 1.54) is 0 Å². The van der Waals surface area contributed by atoms with E-state index in [-0.39, 0.29) is 11.9 Å². The monoisotopic (exact) mass is 458 g/mol. The maximum Gasteiger partial charge on any atom is 0.321 e. The Bertz CT molecular complexity index is 1280. The van der Waals surface area contributed by atoms with E-state index >= 15 is 0 Å². The van der Waals surface area contributed by atoms with Gasteiger partial charge in [-0.3, -0.25) is 0 Å². The Hall–Kier alpha value is -4.07. The van der Waals surface area contributed by atoms with Crippen molar-refractivity contribution < 1.29 is 18.7 Å². The number of benzene rings is 2. The van der Waals surface area contributed by atoms with Crippen LogP contribution in [0.1, 0.15) is 24.5 Å². The van der Waals surface area contributed by atoms with Crippen molar-refractivity contribution in [1.29, 1.82) is 0 Å². The third-order valence-electron chi connectivity index (χ3n) is 6.28. The minimum Gasteiger partial charge on any atom is -0.493 e. The number of hydrogen-bond donors (Lipinski definition) is 1. The molecule has 2 amide bonds. The van der Waals surface area contributed by atoms with Gasteiger partial charge in [0.2, 0.25) is 0 Å². The van der Waals surface area contributed by atoms with E-state index in [1.807, 2.05) is 53.4 Å². The Balaban J connectivity index is 1.25. The molecule has 5 rings (SSSR count). The summed E-state index contributed by atoms with van der Waals surface area (Å²) in [5.41, 5.74) is 3.53. The Morgan fingerprint density at radius 2 is 1.76 bits per heavy atom. The predicted molar refractivity (Wildman–Crippen MR) is 129 cm³/mol. The molecule has 2 aromatic carbocycles. The highest BCUT2D eigenvalue weighted by Gasteiger charge is 2.26. The van der Waals surface area contributed by atoms with Crippen LogP contribution in [-0.4, -0.2) is 48.2 Å². The molecule has 1 aliphatic heterocycles. The Labute approximate surface area is 197 Å². The standard InChI is InChI=1S/C26H26N4O4/c1-32-23-14-20-21(15-24(23)33-2)27-16-28-25(20)18-9-11-30(12-10-18)26(31)29-19-7-5-17(6-8-19)22-4-3-13-34-22/h3-8,13-16,18H,9-12H2,1-2H3,(H,29,31). The molecule has 1 fully saturated rings. The highest BCUT2D eigenvalue weighted by atomic mass is 16.5. The van der Waals surface area contributed by atoms with Crippen molar-refractivity contribution in [3.8, 4) is 22.8 Å². The lowest BCUT2D eigenvalue weighted by molar-refractivity contribution is 0.194. The van der Waals surface area contributed by atoms with Crippen LogP contribution in [0.4, 0.5) is 10.5 Å². The van der Waals surface area contributed by atoms with Crippen molar-refractivity contribution in [2.75, 3.05) is 32.6 Å². The van der Waals surface area contributed by atoms with Crippen molar-refractivity contribution >= 4 is 22.6 Å². The molecular formula is C26H26N4O4. The van der Waals surface area contributed by atoms with Gasteiger partial charge in [-0.05, 0) is 55.3 Å². The number of likely N-dealkylation sites (tertiary alicyclic amines) is 1. The molecule has 8 nitrogen and oxygen atoms in total. The second-order valence-corrected chi connectivity index (χ2v) is 8.23. The topological polar surface area (TPSA) is 89.7 Å². The molecule has 1 aliphatic rings. The van der Waals surface area contributed by atoms with Crippen molar-refractivity contribution in [3.63, 3.8) is 0 Å². The lowest BCUT2D eigenvalue weighted by Crippen LogP contribution is -2.40. The van der Waals surface area contributed by atoms with Crippen LogP contribution < -0.4 is 14.8 Å². The maximum absolute atomic E-state index is 12.8. The highest BCUT2D eigenvalue weighted by molar-refractivity contribution is 5.90. The molecular weight excluding hydrogens is 432 g/mol. The molecule has 0 aliphatic carbocycles. The summed E-state index contributed by atoms with van der Waals surface area (Å²) in [5.74, 6) is 2.33. The van der Waals surface area contributed by atoms with Crippen LogP contribution in [0.2, 0.25) is 0 Å². The second kappa shape index (κ2) is 9.43. The maximum atomic E-state index is 12.8. The molecule has 0 saturated carbocycles. The number of nitrogens with one attached hydrogen (secondary N) is 1. The first kappa shape index (κ1) is 21.8. The third kappa shape index (κ3) is 4.26. The number of nitrogens with zero attached hydrogens (tertiary/aromatic N) is 3. The molecule has 3 heterocycles. The molecule has 0 unspecified atom stereocenters. The van der Waals surface area contributed by atoms with Crippen LogP contribution in [-0.2, 0) is 0 Å². The molecule has 174 valence electrons. The number of piperidine rings is 1. The molecule has 1 N–H and O–H groups in total. The van der Waals surface area contributed by atoms with Crippen molar-refractivity contribution in [2.45, 2.75) is 18.8 Å². The third-order valence-corrected chi connectivity index (χ3v) is 6.28.